The second-order valence-electron chi connectivity index (χ2n) is 6.30. The maximum Gasteiger partial charge on any atom is 0.226 e. The lowest BCUT2D eigenvalue weighted by Gasteiger charge is -2.17. The van der Waals surface area contributed by atoms with Crippen molar-refractivity contribution >= 4 is 17.3 Å². The number of ether oxygens (including phenoxy) is 1. The van der Waals surface area contributed by atoms with Crippen LogP contribution >= 0.6 is 0 Å². The quantitative estimate of drug-likeness (QED) is 0.619. The molecule has 1 aromatic rings. The minimum atomic E-state index is -0.0468. The van der Waals surface area contributed by atoms with E-state index < -0.39 is 0 Å². The summed E-state index contributed by atoms with van der Waals surface area (Å²) in [7, 11) is 0. The molecule has 0 atom stereocenters. The molecule has 0 aliphatic heterocycles. The zero-order chi connectivity index (χ0) is 15.2. The monoisotopic (exact) mass is 278 g/mol. The summed E-state index contributed by atoms with van der Waals surface area (Å²) in [5, 5.41) is 2.86. The number of amides is 1. The molecule has 0 radical (unpaired) electrons. The highest BCUT2D eigenvalue weighted by molar-refractivity contribution is 5.92. The number of anilines is 2. The zero-order valence-corrected chi connectivity index (χ0v) is 13.0. The van der Waals surface area contributed by atoms with Gasteiger partial charge < -0.3 is 15.8 Å². The molecule has 1 amide bonds. The Kier molecular flexibility index (Phi) is 6.02. The Morgan fingerprint density at radius 1 is 1.30 bits per heavy atom. The average molecular weight is 278 g/mol. The van der Waals surface area contributed by atoms with E-state index in [1.165, 1.54) is 0 Å². The summed E-state index contributed by atoms with van der Waals surface area (Å²) in [6, 6.07) is 5.49. The van der Waals surface area contributed by atoms with Gasteiger partial charge in [0, 0.05) is 18.0 Å². The third-order valence-electron chi connectivity index (χ3n) is 3.01. The molecule has 0 fully saturated rings. The highest BCUT2D eigenvalue weighted by Crippen LogP contribution is 2.19. The van der Waals surface area contributed by atoms with Crippen LogP contribution in [0.15, 0.2) is 18.2 Å². The summed E-state index contributed by atoms with van der Waals surface area (Å²) in [5.74, 6) is -0.0468. The van der Waals surface area contributed by atoms with Crippen LogP contribution in [-0.2, 0) is 9.53 Å². The van der Waals surface area contributed by atoms with Gasteiger partial charge in [0.2, 0.25) is 5.91 Å². The van der Waals surface area contributed by atoms with Crippen molar-refractivity contribution < 1.29 is 9.53 Å². The molecule has 20 heavy (non-hydrogen) atoms. The van der Waals surface area contributed by atoms with Crippen LogP contribution in [0, 0.1) is 12.3 Å². The Hall–Kier alpha value is -1.55. The van der Waals surface area contributed by atoms with E-state index in [4.69, 9.17) is 10.5 Å². The van der Waals surface area contributed by atoms with Gasteiger partial charge in [-0.2, -0.15) is 0 Å². The predicted molar refractivity (Wildman–Crippen MR) is 83.7 cm³/mol. The zero-order valence-electron chi connectivity index (χ0n) is 13.0. The van der Waals surface area contributed by atoms with E-state index in [2.05, 4.69) is 26.1 Å². The molecule has 0 bridgehead atoms. The van der Waals surface area contributed by atoms with Crippen LogP contribution in [0.1, 0.15) is 39.2 Å². The van der Waals surface area contributed by atoms with Crippen molar-refractivity contribution in [3.63, 3.8) is 0 Å². The number of benzene rings is 1. The molecule has 0 saturated carbocycles. The van der Waals surface area contributed by atoms with Gasteiger partial charge in [-0.05, 0) is 36.5 Å². The lowest BCUT2D eigenvalue weighted by atomic mass is 9.93. The highest BCUT2D eigenvalue weighted by atomic mass is 16.5. The summed E-state index contributed by atoms with van der Waals surface area (Å²) >= 11 is 0. The smallest absolute Gasteiger partial charge is 0.226 e. The summed E-state index contributed by atoms with van der Waals surface area (Å²) in [6.07, 6.45) is 1.35. The van der Waals surface area contributed by atoms with E-state index in [0.29, 0.717) is 25.3 Å². The molecule has 4 nitrogen and oxygen atoms in total. The maximum absolute atomic E-state index is 11.8. The molecule has 1 aromatic carbocycles. The predicted octanol–water partition coefficient (Wildman–Crippen LogP) is 3.36. The van der Waals surface area contributed by atoms with Gasteiger partial charge in [0.05, 0.1) is 13.0 Å². The summed E-state index contributed by atoms with van der Waals surface area (Å²) in [6.45, 7) is 9.59. The number of aryl methyl sites for hydroxylation is 1. The van der Waals surface area contributed by atoms with Crippen molar-refractivity contribution in [2.24, 2.45) is 5.41 Å². The van der Waals surface area contributed by atoms with Crippen molar-refractivity contribution in [2.45, 2.75) is 40.5 Å². The topological polar surface area (TPSA) is 64.3 Å². The molecule has 0 aliphatic rings. The Labute approximate surface area is 121 Å². The fraction of sp³-hybridized carbons (Fsp3) is 0.562. The number of nitrogen functional groups attached to an aromatic ring is 1. The molecule has 0 spiro atoms. The number of nitrogens with one attached hydrogen (secondary N) is 1. The van der Waals surface area contributed by atoms with Crippen molar-refractivity contribution in [2.75, 3.05) is 24.3 Å². The van der Waals surface area contributed by atoms with Crippen LogP contribution in [0.2, 0.25) is 0 Å². The first-order chi connectivity index (χ1) is 9.28. The van der Waals surface area contributed by atoms with Crippen LogP contribution < -0.4 is 11.1 Å². The summed E-state index contributed by atoms with van der Waals surface area (Å²) < 4.78 is 5.49. The van der Waals surface area contributed by atoms with E-state index in [-0.39, 0.29) is 11.3 Å². The normalized spacial score (nSPS) is 11.4. The van der Waals surface area contributed by atoms with Crippen LogP contribution in [0.25, 0.3) is 0 Å². The third-order valence-corrected chi connectivity index (χ3v) is 3.01. The first-order valence-electron chi connectivity index (χ1n) is 7.02. The van der Waals surface area contributed by atoms with Crippen LogP contribution in [-0.4, -0.2) is 19.1 Å². The first kappa shape index (κ1) is 16.5. The van der Waals surface area contributed by atoms with Crippen molar-refractivity contribution in [3.8, 4) is 0 Å². The Bertz CT molecular complexity index is 450. The lowest BCUT2D eigenvalue weighted by Crippen LogP contribution is -2.16. The molecule has 1 rings (SSSR count). The van der Waals surface area contributed by atoms with Crippen LogP contribution in [0.4, 0.5) is 11.4 Å². The molecule has 112 valence electrons. The Morgan fingerprint density at radius 2 is 2.00 bits per heavy atom. The molecule has 0 unspecified atom stereocenters. The van der Waals surface area contributed by atoms with E-state index in [9.17, 15) is 4.79 Å². The van der Waals surface area contributed by atoms with Gasteiger partial charge in [-0.1, -0.05) is 26.8 Å². The Balaban J connectivity index is 2.29. The molecule has 0 aromatic heterocycles. The van der Waals surface area contributed by atoms with Gasteiger partial charge in [-0.25, -0.2) is 0 Å². The number of nitrogens with two attached hydrogens (primary N) is 1. The number of hydrogen-bond donors (Lipinski definition) is 2. The Morgan fingerprint density at radius 3 is 2.65 bits per heavy atom. The van der Waals surface area contributed by atoms with Gasteiger partial charge in [-0.3, -0.25) is 4.79 Å². The van der Waals surface area contributed by atoms with Gasteiger partial charge in [0.25, 0.3) is 0 Å². The maximum atomic E-state index is 11.8. The van der Waals surface area contributed by atoms with E-state index in [0.717, 1.165) is 17.7 Å². The number of carbonyl (C=O) groups is 1. The molecule has 0 aliphatic carbocycles. The second kappa shape index (κ2) is 7.29. The van der Waals surface area contributed by atoms with E-state index in [1.807, 2.05) is 19.1 Å². The van der Waals surface area contributed by atoms with Crippen LogP contribution in [0.3, 0.4) is 0 Å². The largest absolute Gasteiger partial charge is 0.399 e. The van der Waals surface area contributed by atoms with Crippen LogP contribution in [0.5, 0.6) is 0 Å². The minimum Gasteiger partial charge on any atom is -0.399 e. The van der Waals surface area contributed by atoms with E-state index in [1.54, 1.807) is 6.07 Å². The molecule has 0 heterocycles. The standard InChI is InChI=1S/C16H26N2O2/c1-12-5-6-13(17)11-14(12)18-15(19)7-9-20-10-8-16(2,3)4/h5-6,11H,7-10,17H2,1-4H3,(H,18,19). The number of carbonyl (C=O) groups excluding carboxylic acids is 1. The van der Waals surface area contributed by atoms with Crippen molar-refractivity contribution in [1.82, 2.24) is 0 Å². The summed E-state index contributed by atoms with van der Waals surface area (Å²) in [5.41, 5.74) is 8.39. The number of rotatable bonds is 6. The van der Waals surface area contributed by atoms with E-state index >= 15 is 0 Å². The summed E-state index contributed by atoms with van der Waals surface area (Å²) in [4.78, 5) is 11.8. The fourth-order valence-electron chi connectivity index (χ4n) is 1.63. The van der Waals surface area contributed by atoms with Gasteiger partial charge in [0.15, 0.2) is 0 Å². The SMILES string of the molecule is Cc1ccc(N)cc1NC(=O)CCOCCC(C)(C)C. The van der Waals surface area contributed by atoms with Gasteiger partial charge in [-0.15, -0.1) is 0 Å². The number of hydrogen-bond acceptors (Lipinski definition) is 3. The molecule has 3 N–H and O–H groups in total. The van der Waals surface area contributed by atoms with Crippen molar-refractivity contribution in [3.05, 3.63) is 23.8 Å². The second-order valence-corrected chi connectivity index (χ2v) is 6.30. The molecule has 0 saturated heterocycles. The molecule has 4 heteroatoms. The molecular formula is C16H26N2O2. The van der Waals surface area contributed by atoms with Gasteiger partial charge in [0.1, 0.15) is 0 Å². The average Bonchev–Trinajstić information content (AvgIpc) is 2.32. The lowest BCUT2D eigenvalue weighted by molar-refractivity contribution is -0.117. The fourth-order valence-corrected chi connectivity index (χ4v) is 1.63. The van der Waals surface area contributed by atoms with Gasteiger partial charge >= 0.3 is 0 Å². The van der Waals surface area contributed by atoms with Crippen molar-refractivity contribution in [1.29, 1.82) is 0 Å². The minimum absolute atomic E-state index is 0.0468. The first-order valence-corrected chi connectivity index (χ1v) is 7.02. The highest BCUT2D eigenvalue weighted by Gasteiger charge is 2.10. The molecular weight excluding hydrogens is 252 g/mol. The third kappa shape index (κ3) is 6.57.